The molecule has 0 fully saturated rings. The Morgan fingerprint density at radius 3 is 1.80 bits per heavy atom. The van der Waals surface area contributed by atoms with Crippen molar-refractivity contribution in [3.05, 3.63) is 42.0 Å². The van der Waals surface area contributed by atoms with E-state index >= 15 is 0 Å². The maximum absolute atomic E-state index is 13.4. The number of nitrogens with one attached hydrogen (secondary N) is 1. The number of carbonyl (C=O) groups excluding carboxylic acids is 1. The molecule has 0 spiro atoms. The summed E-state index contributed by atoms with van der Waals surface area (Å²) in [7, 11) is -6.58. The van der Waals surface area contributed by atoms with Crippen molar-refractivity contribution in [3.8, 4) is 0 Å². The van der Waals surface area contributed by atoms with Crippen LogP contribution in [0.4, 0.5) is 0 Å². The standard InChI is InChI=1S/C27H47NO5SSi/c1-18(2)35(19(3)4,20(5)6)33-24(17-14-22(8)25(29)27(9,10)11)26(30)28-34(31,32)23-15-12-21(7)13-16-23/h12-20,22,24-25,29H,1-11H3,(H,28,30)/b17-14+/t22-,24-,25-/m1/s1. The number of carbonyl (C=O) groups is 1. The number of aliphatic hydroxyl groups is 1. The molecular formula is C27H47NO5SSi. The van der Waals surface area contributed by atoms with Crippen LogP contribution in [0.1, 0.15) is 74.8 Å². The second-order valence-corrected chi connectivity index (χ2v) is 18.8. The van der Waals surface area contributed by atoms with Crippen LogP contribution in [-0.2, 0) is 19.2 Å². The number of sulfonamides is 1. The van der Waals surface area contributed by atoms with Crippen LogP contribution in [0.5, 0.6) is 0 Å². The zero-order chi connectivity index (χ0) is 27.4. The molecule has 2 N–H and O–H groups in total. The molecule has 0 saturated heterocycles. The highest BCUT2D eigenvalue weighted by atomic mass is 32.2. The fraction of sp³-hybridized carbons (Fsp3) is 0.667. The number of aliphatic hydroxyl groups excluding tert-OH is 1. The first-order chi connectivity index (χ1) is 15.9. The topological polar surface area (TPSA) is 92.7 Å². The summed E-state index contributed by atoms with van der Waals surface area (Å²) < 4.78 is 34.9. The third-order valence-electron chi connectivity index (χ3n) is 6.84. The number of hydrogen-bond acceptors (Lipinski definition) is 5. The van der Waals surface area contributed by atoms with Gasteiger partial charge in [-0.05, 0) is 41.1 Å². The van der Waals surface area contributed by atoms with Gasteiger partial charge in [0.2, 0.25) is 8.32 Å². The van der Waals surface area contributed by atoms with Crippen LogP contribution in [0.15, 0.2) is 41.3 Å². The lowest BCUT2D eigenvalue weighted by Crippen LogP contribution is -2.53. The van der Waals surface area contributed by atoms with E-state index in [1.54, 1.807) is 24.3 Å². The summed E-state index contributed by atoms with van der Waals surface area (Å²) in [6, 6.07) is 6.34. The SMILES string of the molecule is Cc1ccc(S(=O)(=O)NC(=O)[C@@H](/C=C/[C@@H](C)[C@@H](O)C(C)(C)C)O[Si](C(C)C)(C(C)C)C(C)C)cc1. The lowest BCUT2D eigenvalue weighted by Gasteiger charge is -2.43. The normalized spacial score (nSPS) is 16.2. The fourth-order valence-corrected chi connectivity index (χ4v) is 11.4. The van der Waals surface area contributed by atoms with Gasteiger partial charge in [-0.25, -0.2) is 13.1 Å². The van der Waals surface area contributed by atoms with Gasteiger partial charge in [-0.1, -0.05) is 99.1 Å². The Kier molecular flexibility index (Phi) is 11.0. The van der Waals surface area contributed by atoms with Gasteiger partial charge >= 0.3 is 0 Å². The molecule has 0 aliphatic carbocycles. The molecule has 0 aliphatic rings. The van der Waals surface area contributed by atoms with Crippen molar-refractivity contribution in [1.29, 1.82) is 0 Å². The van der Waals surface area contributed by atoms with Crippen molar-refractivity contribution in [3.63, 3.8) is 0 Å². The summed E-state index contributed by atoms with van der Waals surface area (Å²) in [6.07, 6.45) is 1.65. The van der Waals surface area contributed by atoms with E-state index in [0.717, 1.165) is 5.56 Å². The molecule has 0 unspecified atom stereocenters. The molecule has 6 nitrogen and oxygen atoms in total. The Balaban J connectivity index is 3.43. The zero-order valence-corrected chi connectivity index (χ0v) is 25.2. The van der Waals surface area contributed by atoms with Crippen LogP contribution < -0.4 is 4.72 Å². The Bertz CT molecular complexity index is 941. The minimum Gasteiger partial charge on any atom is -0.401 e. The number of rotatable bonds is 11. The summed E-state index contributed by atoms with van der Waals surface area (Å²) in [4.78, 5) is 13.4. The number of benzene rings is 1. The molecular weight excluding hydrogens is 478 g/mol. The highest BCUT2D eigenvalue weighted by Gasteiger charge is 2.47. The van der Waals surface area contributed by atoms with Crippen LogP contribution in [0.2, 0.25) is 16.6 Å². The fourth-order valence-electron chi connectivity index (χ4n) is 4.95. The molecule has 0 saturated carbocycles. The summed E-state index contributed by atoms with van der Waals surface area (Å²) >= 11 is 0. The van der Waals surface area contributed by atoms with Crippen LogP contribution in [0.25, 0.3) is 0 Å². The van der Waals surface area contributed by atoms with Gasteiger partial charge in [0, 0.05) is 5.92 Å². The van der Waals surface area contributed by atoms with Crippen LogP contribution in [0, 0.1) is 18.3 Å². The van der Waals surface area contributed by atoms with Gasteiger partial charge in [-0.15, -0.1) is 0 Å². The number of hydrogen-bond donors (Lipinski definition) is 2. The third-order valence-corrected chi connectivity index (χ3v) is 14.3. The maximum atomic E-state index is 13.4. The Labute approximate surface area is 214 Å². The third kappa shape index (κ3) is 8.00. The molecule has 1 aromatic carbocycles. The van der Waals surface area contributed by atoms with Gasteiger partial charge in [0.25, 0.3) is 15.9 Å². The van der Waals surface area contributed by atoms with E-state index in [-0.39, 0.29) is 32.9 Å². The molecule has 1 amide bonds. The number of amides is 1. The van der Waals surface area contributed by atoms with Gasteiger partial charge in [-0.3, -0.25) is 4.79 Å². The molecule has 8 heteroatoms. The molecule has 0 aliphatic heterocycles. The minimum atomic E-state index is -4.06. The van der Waals surface area contributed by atoms with Crippen molar-refractivity contribution in [2.24, 2.45) is 11.3 Å². The Morgan fingerprint density at radius 1 is 0.943 bits per heavy atom. The zero-order valence-electron chi connectivity index (χ0n) is 23.4. The number of aryl methyl sites for hydroxylation is 1. The van der Waals surface area contributed by atoms with E-state index in [4.69, 9.17) is 4.43 Å². The molecule has 200 valence electrons. The monoisotopic (exact) mass is 525 g/mol. The average Bonchev–Trinajstić information content (AvgIpc) is 2.71. The largest absolute Gasteiger partial charge is 0.401 e. The van der Waals surface area contributed by atoms with E-state index in [1.807, 2.05) is 34.6 Å². The second-order valence-electron chi connectivity index (χ2n) is 11.7. The van der Waals surface area contributed by atoms with E-state index < -0.39 is 36.5 Å². The first-order valence-electron chi connectivity index (χ1n) is 12.5. The first-order valence-corrected chi connectivity index (χ1v) is 16.2. The van der Waals surface area contributed by atoms with Crippen molar-refractivity contribution < 1.29 is 22.7 Å². The summed E-state index contributed by atoms with van der Waals surface area (Å²) in [5, 5.41) is 10.7. The second kappa shape index (κ2) is 12.2. The average molecular weight is 526 g/mol. The van der Waals surface area contributed by atoms with Crippen LogP contribution >= 0.6 is 0 Å². The Hall–Kier alpha value is -1.48. The van der Waals surface area contributed by atoms with Crippen molar-refractivity contribution >= 4 is 24.2 Å². The lowest BCUT2D eigenvalue weighted by atomic mass is 9.82. The van der Waals surface area contributed by atoms with Gasteiger partial charge in [0.05, 0.1) is 11.0 Å². The molecule has 1 aromatic rings. The van der Waals surface area contributed by atoms with E-state index in [1.165, 1.54) is 12.1 Å². The summed E-state index contributed by atoms with van der Waals surface area (Å²) in [6.45, 7) is 22.3. The van der Waals surface area contributed by atoms with Crippen LogP contribution in [0.3, 0.4) is 0 Å². The lowest BCUT2D eigenvalue weighted by molar-refractivity contribution is -0.124. The van der Waals surface area contributed by atoms with Gasteiger partial charge in [0.15, 0.2) is 0 Å². The van der Waals surface area contributed by atoms with Gasteiger partial charge in [0.1, 0.15) is 6.10 Å². The van der Waals surface area contributed by atoms with Crippen molar-refractivity contribution in [1.82, 2.24) is 4.72 Å². The highest BCUT2D eigenvalue weighted by Crippen LogP contribution is 2.43. The summed E-state index contributed by atoms with van der Waals surface area (Å²) in [5.41, 5.74) is 1.20. The Morgan fingerprint density at radius 2 is 1.40 bits per heavy atom. The van der Waals surface area contributed by atoms with Crippen molar-refractivity contribution in [2.45, 2.75) is 110 Å². The molecule has 1 rings (SSSR count). The van der Waals surface area contributed by atoms with E-state index in [9.17, 15) is 18.3 Å². The van der Waals surface area contributed by atoms with Gasteiger partial charge in [-0.2, -0.15) is 0 Å². The van der Waals surface area contributed by atoms with E-state index in [0.29, 0.717) is 0 Å². The first kappa shape index (κ1) is 31.5. The van der Waals surface area contributed by atoms with Gasteiger partial charge < -0.3 is 9.53 Å². The predicted octanol–water partition coefficient (Wildman–Crippen LogP) is 5.96. The van der Waals surface area contributed by atoms with Crippen LogP contribution in [-0.4, -0.2) is 40.0 Å². The predicted molar refractivity (Wildman–Crippen MR) is 146 cm³/mol. The smallest absolute Gasteiger partial charge is 0.265 e. The van der Waals surface area contributed by atoms with Crippen molar-refractivity contribution in [2.75, 3.05) is 0 Å². The molecule has 35 heavy (non-hydrogen) atoms. The maximum Gasteiger partial charge on any atom is 0.265 e. The molecule has 0 bridgehead atoms. The summed E-state index contributed by atoms with van der Waals surface area (Å²) in [5.74, 6) is -0.978. The minimum absolute atomic E-state index is 0.0239. The molecule has 0 radical (unpaired) electrons. The van der Waals surface area contributed by atoms with E-state index in [2.05, 4.69) is 46.3 Å². The molecule has 0 aromatic heterocycles. The highest BCUT2D eigenvalue weighted by molar-refractivity contribution is 7.90. The molecule has 0 heterocycles. The quantitative estimate of drug-likeness (QED) is 0.275. The molecule has 3 atom stereocenters.